The molecule has 3 amide bonds. The number of hydrogen-bond acceptors (Lipinski definition) is 4. The fourth-order valence-electron chi connectivity index (χ4n) is 2.03. The minimum absolute atomic E-state index is 0.160. The predicted octanol–water partition coefficient (Wildman–Crippen LogP) is 1.32. The van der Waals surface area contributed by atoms with Crippen LogP contribution in [0.4, 0.5) is 10.5 Å². The minimum atomic E-state index is -0.497. The van der Waals surface area contributed by atoms with Gasteiger partial charge in [0.25, 0.3) is 0 Å². The molecule has 0 radical (unpaired) electrons. The molecule has 6 nitrogen and oxygen atoms in total. The number of hydrogen-bond donors (Lipinski definition) is 3. The molecule has 1 aromatic carbocycles. The monoisotopic (exact) mass is 292 g/mol. The van der Waals surface area contributed by atoms with Crippen molar-refractivity contribution in [2.45, 2.75) is 39.4 Å². The summed E-state index contributed by atoms with van der Waals surface area (Å²) in [6.45, 7) is 6.43. The van der Waals surface area contributed by atoms with E-state index in [1.165, 1.54) is 7.05 Å². The van der Waals surface area contributed by atoms with Gasteiger partial charge in [0, 0.05) is 25.3 Å². The molecule has 1 atom stereocenters. The average molecular weight is 292 g/mol. The summed E-state index contributed by atoms with van der Waals surface area (Å²) in [6, 6.07) is 6.80. The lowest BCUT2D eigenvalue weighted by Crippen LogP contribution is -2.50. The van der Waals surface area contributed by atoms with Gasteiger partial charge in [-0.15, -0.1) is 0 Å². The third-order valence-corrected chi connectivity index (χ3v) is 3.35. The van der Waals surface area contributed by atoms with Crippen molar-refractivity contribution in [1.29, 1.82) is 0 Å². The van der Waals surface area contributed by atoms with Crippen molar-refractivity contribution in [3.05, 3.63) is 29.8 Å². The van der Waals surface area contributed by atoms with E-state index >= 15 is 0 Å². The van der Waals surface area contributed by atoms with Gasteiger partial charge in [-0.1, -0.05) is 12.1 Å². The lowest BCUT2D eigenvalue weighted by molar-refractivity contribution is -0.125. The van der Waals surface area contributed by atoms with E-state index in [2.05, 4.69) is 10.6 Å². The van der Waals surface area contributed by atoms with Gasteiger partial charge in [-0.25, -0.2) is 4.79 Å². The van der Waals surface area contributed by atoms with E-state index in [1.807, 2.05) is 43.0 Å². The standard InChI is InChI=1S/C15H24N4O2/c1-10(2)19(9-12-5-7-13(16)8-6-12)11(3)14(20)18-15(21)17-4/h5-8,10-11H,9,16H2,1-4H3,(H2,17,18,20,21). The molecule has 0 bridgehead atoms. The van der Waals surface area contributed by atoms with E-state index in [1.54, 1.807) is 6.92 Å². The maximum absolute atomic E-state index is 12.1. The third kappa shape index (κ3) is 5.07. The van der Waals surface area contributed by atoms with Gasteiger partial charge in [-0.2, -0.15) is 0 Å². The number of nitrogens with two attached hydrogens (primary N) is 1. The SMILES string of the molecule is CNC(=O)NC(=O)C(C)N(Cc1ccc(N)cc1)C(C)C. The van der Waals surface area contributed by atoms with Crippen LogP contribution in [0.2, 0.25) is 0 Å². The molecule has 1 rings (SSSR count). The zero-order valence-corrected chi connectivity index (χ0v) is 13.0. The second kappa shape index (κ2) is 7.64. The van der Waals surface area contributed by atoms with Crippen molar-refractivity contribution < 1.29 is 9.59 Å². The number of nitrogens with one attached hydrogen (secondary N) is 2. The molecule has 0 aromatic heterocycles. The first-order valence-corrected chi connectivity index (χ1v) is 6.98. The first kappa shape index (κ1) is 17.0. The second-order valence-electron chi connectivity index (χ2n) is 5.25. The molecule has 0 saturated heterocycles. The maximum Gasteiger partial charge on any atom is 0.321 e. The molecule has 6 heteroatoms. The van der Waals surface area contributed by atoms with Crippen LogP contribution < -0.4 is 16.4 Å². The number of anilines is 1. The molecule has 1 aromatic rings. The molecule has 0 saturated carbocycles. The van der Waals surface area contributed by atoms with Crippen molar-refractivity contribution in [2.75, 3.05) is 12.8 Å². The summed E-state index contributed by atoms with van der Waals surface area (Å²) in [5.74, 6) is -0.321. The van der Waals surface area contributed by atoms with Crippen LogP contribution in [0.15, 0.2) is 24.3 Å². The maximum atomic E-state index is 12.1. The van der Waals surface area contributed by atoms with Crippen LogP contribution in [0.1, 0.15) is 26.3 Å². The van der Waals surface area contributed by atoms with Gasteiger partial charge in [0.15, 0.2) is 0 Å². The quantitative estimate of drug-likeness (QED) is 0.714. The molecule has 0 aliphatic heterocycles. The van der Waals surface area contributed by atoms with Crippen molar-refractivity contribution in [1.82, 2.24) is 15.5 Å². The molecule has 116 valence electrons. The van der Waals surface area contributed by atoms with Gasteiger partial charge < -0.3 is 11.1 Å². The number of urea groups is 1. The molecule has 4 N–H and O–H groups in total. The fraction of sp³-hybridized carbons (Fsp3) is 0.467. The van der Waals surface area contributed by atoms with Gasteiger partial charge in [0.1, 0.15) is 0 Å². The van der Waals surface area contributed by atoms with Gasteiger partial charge >= 0.3 is 6.03 Å². The largest absolute Gasteiger partial charge is 0.399 e. The highest BCUT2D eigenvalue weighted by molar-refractivity contribution is 5.96. The number of carbonyl (C=O) groups is 2. The molecular weight excluding hydrogens is 268 g/mol. The lowest BCUT2D eigenvalue weighted by atomic mass is 10.1. The number of rotatable bonds is 5. The number of benzene rings is 1. The molecule has 0 heterocycles. The Balaban J connectivity index is 2.78. The van der Waals surface area contributed by atoms with Crippen molar-refractivity contribution in [3.63, 3.8) is 0 Å². The number of nitrogen functional groups attached to an aromatic ring is 1. The normalized spacial score (nSPS) is 12.3. The van der Waals surface area contributed by atoms with E-state index in [9.17, 15) is 9.59 Å². The molecule has 1 unspecified atom stereocenters. The van der Waals surface area contributed by atoms with Crippen molar-refractivity contribution >= 4 is 17.6 Å². The molecule has 0 aliphatic carbocycles. The Bertz CT molecular complexity index is 485. The Hall–Kier alpha value is -2.08. The van der Waals surface area contributed by atoms with E-state index < -0.39 is 12.1 Å². The zero-order chi connectivity index (χ0) is 16.0. The number of nitrogens with zero attached hydrogens (tertiary/aromatic N) is 1. The smallest absolute Gasteiger partial charge is 0.321 e. The Morgan fingerprint density at radius 1 is 1.19 bits per heavy atom. The predicted molar refractivity (Wildman–Crippen MR) is 83.6 cm³/mol. The minimum Gasteiger partial charge on any atom is -0.399 e. The summed E-state index contributed by atoms with van der Waals surface area (Å²) in [4.78, 5) is 25.3. The topological polar surface area (TPSA) is 87.5 Å². The third-order valence-electron chi connectivity index (χ3n) is 3.35. The number of carbonyl (C=O) groups excluding carboxylic acids is 2. The zero-order valence-electron chi connectivity index (χ0n) is 13.0. The molecular formula is C15H24N4O2. The first-order valence-electron chi connectivity index (χ1n) is 6.98. The van der Waals surface area contributed by atoms with E-state index in [-0.39, 0.29) is 11.9 Å². The Morgan fingerprint density at radius 3 is 2.24 bits per heavy atom. The van der Waals surface area contributed by atoms with Gasteiger partial charge in [-0.3, -0.25) is 15.0 Å². The first-order chi connectivity index (χ1) is 9.85. The molecule has 0 spiro atoms. The van der Waals surface area contributed by atoms with Gasteiger partial charge in [0.2, 0.25) is 5.91 Å². The van der Waals surface area contributed by atoms with Crippen molar-refractivity contribution in [2.24, 2.45) is 0 Å². The van der Waals surface area contributed by atoms with Gasteiger partial charge in [0.05, 0.1) is 6.04 Å². The lowest BCUT2D eigenvalue weighted by Gasteiger charge is -2.31. The van der Waals surface area contributed by atoms with Crippen LogP contribution in [0.5, 0.6) is 0 Å². The second-order valence-corrected chi connectivity index (χ2v) is 5.25. The van der Waals surface area contributed by atoms with Crippen LogP contribution in [-0.4, -0.2) is 36.0 Å². The Morgan fingerprint density at radius 2 is 1.76 bits per heavy atom. The number of imide groups is 1. The van der Waals surface area contributed by atoms with Crippen LogP contribution in [-0.2, 0) is 11.3 Å². The molecule has 21 heavy (non-hydrogen) atoms. The molecule has 0 aliphatic rings. The van der Waals surface area contributed by atoms with E-state index in [0.717, 1.165) is 5.56 Å². The summed E-state index contributed by atoms with van der Waals surface area (Å²) in [6.07, 6.45) is 0. The van der Waals surface area contributed by atoms with Crippen LogP contribution in [0.3, 0.4) is 0 Å². The Kier molecular flexibility index (Phi) is 6.17. The summed E-state index contributed by atoms with van der Waals surface area (Å²) < 4.78 is 0. The Labute approximate surface area is 125 Å². The van der Waals surface area contributed by atoms with E-state index in [4.69, 9.17) is 5.73 Å². The highest BCUT2D eigenvalue weighted by atomic mass is 16.2. The summed E-state index contributed by atoms with van der Waals surface area (Å²) >= 11 is 0. The van der Waals surface area contributed by atoms with Crippen molar-refractivity contribution in [3.8, 4) is 0 Å². The van der Waals surface area contributed by atoms with Gasteiger partial charge in [-0.05, 0) is 38.5 Å². The van der Waals surface area contributed by atoms with Crippen LogP contribution >= 0.6 is 0 Å². The fourth-order valence-corrected chi connectivity index (χ4v) is 2.03. The molecule has 0 fully saturated rings. The summed E-state index contributed by atoms with van der Waals surface area (Å²) in [7, 11) is 1.47. The summed E-state index contributed by atoms with van der Waals surface area (Å²) in [5.41, 5.74) is 7.45. The van der Waals surface area contributed by atoms with Crippen LogP contribution in [0.25, 0.3) is 0 Å². The van der Waals surface area contributed by atoms with E-state index in [0.29, 0.717) is 12.2 Å². The van der Waals surface area contributed by atoms with Crippen LogP contribution in [0, 0.1) is 0 Å². The highest BCUT2D eigenvalue weighted by Crippen LogP contribution is 2.14. The average Bonchev–Trinajstić information content (AvgIpc) is 2.45. The summed E-state index contributed by atoms with van der Waals surface area (Å²) in [5, 5.41) is 4.68. The number of amides is 3. The highest BCUT2D eigenvalue weighted by Gasteiger charge is 2.24.